The third kappa shape index (κ3) is 5.91. The Kier molecular flexibility index (Phi) is 8.97. The van der Waals surface area contributed by atoms with Crippen LogP contribution in [-0.4, -0.2) is 40.5 Å². The first kappa shape index (κ1) is 26.0. The number of carboxylic acid groups (broad SMARTS) is 1. The highest BCUT2D eigenvalue weighted by atomic mass is 35.5. The lowest BCUT2D eigenvalue weighted by atomic mass is 9.74. The number of carboxylic acids is 1. The van der Waals surface area contributed by atoms with Crippen molar-refractivity contribution in [1.82, 2.24) is 4.90 Å². The molecule has 34 heavy (non-hydrogen) atoms. The first-order valence-corrected chi connectivity index (χ1v) is 12.2. The molecule has 3 rings (SSSR count). The fraction of sp³-hybridized carbons (Fsp3) is 0.423. The average Bonchev–Trinajstić information content (AvgIpc) is 2.79. The van der Waals surface area contributed by atoms with Gasteiger partial charge in [-0.05, 0) is 55.2 Å². The Hall–Kier alpha value is -2.57. The number of likely N-dealkylation sites (tertiary alicyclic amines) is 1. The van der Waals surface area contributed by atoms with Gasteiger partial charge >= 0.3 is 11.9 Å². The van der Waals surface area contributed by atoms with Crippen molar-refractivity contribution in [3.05, 3.63) is 69.7 Å². The Bertz CT molecular complexity index is 1030. The van der Waals surface area contributed by atoms with Crippen molar-refractivity contribution < 1.29 is 24.2 Å². The lowest BCUT2D eigenvalue weighted by Crippen LogP contribution is -2.54. The highest BCUT2D eigenvalue weighted by Crippen LogP contribution is 2.47. The molecule has 1 N–H and O–H groups in total. The summed E-state index contributed by atoms with van der Waals surface area (Å²) in [7, 11) is 0. The Morgan fingerprint density at radius 2 is 1.79 bits per heavy atom. The number of aliphatic carboxylic acids is 1. The summed E-state index contributed by atoms with van der Waals surface area (Å²) in [6.45, 7) is 3.84. The fourth-order valence-corrected chi connectivity index (χ4v) is 5.12. The summed E-state index contributed by atoms with van der Waals surface area (Å²) in [6.07, 6.45) is 1.04. The molecular formula is C26H29Cl2NO5. The normalized spacial score (nSPS) is 21.2. The van der Waals surface area contributed by atoms with Crippen LogP contribution in [0.5, 0.6) is 0 Å². The number of nitrogens with zero attached hydrogens (tertiary/aromatic N) is 1. The molecule has 6 nitrogen and oxygen atoms in total. The van der Waals surface area contributed by atoms with Crippen LogP contribution >= 0.6 is 23.2 Å². The van der Waals surface area contributed by atoms with Gasteiger partial charge in [-0.2, -0.15) is 0 Å². The van der Waals surface area contributed by atoms with E-state index in [1.807, 2.05) is 37.3 Å². The number of amides is 1. The number of ether oxygens (including phenoxy) is 1. The topological polar surface area (TPSA) is 83.9 Å². The summed E-state index contributed by atoms with van der Waals surface area (Å²) in [5.74, 6) is -2.96. The number of piperidine rings is 1. The van der Waals surface area contributed by atoms with Gasteiger partial charge in [-0.1, -0.05) is 60.8 Å². The molecule has 182 valence electrons. The molecule has 1 aliphatic rings. The van der Waals surface area contributed by atoms with Gasteiger partial charge in [0, 0.05) is 21.9 Å². The molecule has 1 aliphatic heterocycles. The van der Waals surface area contributed by atoms with Crippen molar-refractivity contribution in [3.8, 4) is 0 Å². The van der Waals surface area contributed by atoms with E-state index in [0.717, 1.165) is 11.1 Å². The van der Waals surface area contributed by atoms with E-state index in [2.05, 4.69) is 0 Å². The second-order valence-electron chi connectivity index (χ2n) is 8.49. The molecule has 0 aliphatic carbocycles. The van der Waals surface area contributed by atoms with Gasteiger partial charge < -0.3 is 14.7 Å². The van der Waals surface area contributed by atoms with Crippen LogP contribution < -0.4 is 0 Å². The van der Waals surface area contributed by atoms with E-state index in [1.54, 1.807) is 30.0 Å². The second-order valence-corrected chi connectivity index (χ2v) is 9.36. The Balaban J connectivity index is 2.21. The van der Waals surface area contributed by atoms with Crippen molar-refractivity contribution in [1.29, 1.82) is 0 Å². The first-order valence-electron chi connectivity index (χ1n) is 11.5. The SMILES string of the molecule is CCCC(C(=O)OCC)N1C(=O)[C@H](CC(=O)O)CC(c2cccc(Cl)c2)C1c1ccc(Cl)cc1. The van der Waals surface area contributed by atoms with Crippen molar-refractivity contribution >= 4 is 41.0 Å². The van der Waals surface area contributed by atoms with Gasteiger partial charge in [0.15, 0.2) is 0 Å². The number of hydrogen-bond donors (Lipinski definition) is 1. The summed E-state index contributed by atoms with van der Waals surface area (Å²) in [4.78, 5) is 40.0. The van der Waals surface area contributed by atoms with Crippen LogP contribution in [0.25, 0.3) is 0 Å². The lowest BCUT2D eigenvalue weighted by Gasteiger charge is -2.47. The number of benzene rings is 2. The Labute approximate surface area is 209 Å². The second kappa shape index (κ2) is 11.7. The van der Waals surface area contributed by atoms with Gasteiger partial charge in [-0.15, -0.1) is 0 Å². The van der Waals surface area contributed by atoms with E-state index in [-0.39, 0.29) is 24.9 Å². The minimum atomic E-state index is -1.06. The fourth-order valence-electron chi connectivity index (χ4n) is 4.80. The largest absolute Gasteiger partial charge is 0.481 e. The maximum absolute atomic E-state index is 13.8. The monoisotopic (exact) mass is 505 g/mol. The third-order valence-corrected chi connectivity index (χ3v) is 6.68. The number of hydrogen-bond acceptors (Lipinski definition) is 4. The lowest BCUT2D eigenvalue weighted by molar-refractivity contribution is -0.164. The molecular weight excluding hydrogens is 477 g/mol. The minimum Gasteiger partial charge on any atom is -0.481 e. The Morgan fingerprint density at radius 1 is 1.09 bits per heavy atom. The highest BCUT2D eigenvalue weighted by molar-refractivity contribution is 6.30. The van der Waals surface area contributed by atoms with Gasteiger partial charge in [0.1, 0.15) is 6.04 Å². The molecule has 1 fully saturated rings. The molecule has 2 aromatic rings. The first-order chi connectivity index (χ1) is 16.3. The van der Waals surface area contributed by atoms with Gasteiger partial charge in [-0.3, -0.25) is 9.59 Å². The smallest absolute Gasteiger partial charge is 0.328 e. The predicted octanol–water partition coefficient (Wildman–Crippen LogP) is 5.87. The zero-order chi connectivity index (χ0) is 24.8. The zero-order valence-electron chi connectivity index (χ0n) is 19.2. The van der Waals surface area contributed by atoms with Crippen LogP contribution in [0.1, 0.15) is 62.6 Å². The van der Waals surface area contributed by atoms with Gasteiger partial charge in [0.05, 0.1) is 19.1 Å². The molecule has 0 bridgehead atoms. The summed E-state index contributed by atoms with van der Waals surface area (Å²) < 4.78 is 5.35. The Morgan fingerprint density at radius 3 is 2.38 bits per heavy atom. The van der Waals surface area contributed by atoms with Crippen LogP contribution in [0, 0.1) is 5.92 Å². The quantitative estimate of drug-likeness (QED) is 0.430. The van der Waals surface area contributed by atoms with Crippen molar-refractivity contribution in [2.75, 3.05) is 6.61 Å². The minimum absolute atomic E-state index is 0.183. The number of rotatable bonds is 9. The number of esters is 1. The van der Waals surface area contributed by atoms with Crippen LogP contribution in [0.15, 0.2) is 48.5 Å². The van der Waals surface area contributed by atoms with Gasteiger partial charge in [0.25, 0.3) is 0 Å². The van der Waals surface area contributed by atoms with E-state index in [4.69, 9.17) is 27.9 Å². The number of carbonyl (C=O) groups is 3. The molecule has 1 heterocycles. The van der Waals surface area contributed by atoms with Crippen molar-refractivity contribution in [2.45, 2.75) is 57.5 Å². The molecule has 8 heteroatoms. The molecule has 0 saturated carbocycles. The van der Waals surface area contributed by atoms with Crippen LogP contribution in [-0.2, 0) is 19.1 Å². The molecule has 0 spiro atoms. The standard InChI is InChI=1S/C26H29Cl2NO5/c1-3-6-22(26(33)34-4-2)29-24(16-9-11-19(27)12-10-16)21(17-7-5-8-20(28)13-17)14-18(25(29)32)15-23(30)31/h5,7-13,18,21-22,24H,3-4,6,14-15H2,1-2H3,(H,30,31)/t18-,21?,22?,24?/m0/s1. The van der Waals surface area contributed by atoms with Gasteiger partial charge in [0.2, 0.25) is 5.91 Å². The van der Waals surface area contributed by atoms with E-state index in [9.17, 15) is 19.5 Å². The number of carbonyl (C=O) groups excluding carboxylic acids is 2. The summed E-state index contributed by atoms with van der Waals surface area (Å²) >= 11 is 12.4. The summed E-state index contributed by atoms with van der Waals surface area (Å²) in [5, 5.41) is 10.6. The third-order valence-electron chi connectivity index (χ3n) is 6.19. The molecule has 1 saturated heterocycles. The maximum Gasteiger partial charge on any atom is 0.328 e. The summed E-state index contributed by atoms with van der Waals surface area (Å²) in [5.41, 5.74) is 1.68. The molecule has 0 radical (unpaired) electrons. The maximum atomic E-state index is 13.8. The van der Waals surface area contributed by atoms with E-state index < -0.39 is 29.9 Å². The highest BCUT2D eigenvalue weighted by Gasteiger charge is 2.48. The molecule has 1 amide bonds. The van der Waals surface area contributed by atoms with Crippen molar-refractivity contribution in [3.63, 3.8) is 0 Å². The number of halogens is 2. The molecule has 3 unspecified atom stereocenters. The predicted molar refractivity (Wildman–Crippen MR) is 131 cm³/mol. The van der Waals surface area contributed by atoms with Crippen LogP contribution in [0.3, 0.4) is 0 Å². The molecule has 2 aromatic carbocycles. The zero-order valence-corrected chi connectivity index (χ0v) is 20.8. The summed E-state index contributed by atoms with van der Waals surface area (Å²) in [6, 6.07) is 13.2. The van der Waals surface area contributed by atoms with Crippen LogP contribution in [0.2, 0.25) is 10.0 Å². The van der Waals surface area contributed by atoms with Gasteiger partial charge in [-0.25, -0.2) is 4.79 Å². The average molecular weight is 506 g/mol. The van der Waals surface area contributed by atoms with Crippen LogP contribution in [0.4, 0.5) is 0 Å². The van der Waals surface area contributed by atoms with E-state index >= 15 is 0 Å². The van der Waals surface area contributed by atoms with E-state index in [0.29, 0.717) is 29.3 Å². The van der Waals surface area contributed by atoms with E-state index in [1.165, 1.54) is 0 Å². The molecule has 0 aromatic heterocycles. The molecule has 4 atom stereocenters. The van der Waals surface area contributed by atoms with Crippen molar-refractivity contribution in [2.24, 2.45) is 5.92 Å².